The molecule has 5 heteroatoms. The molecule has 1 aliphatic rings. The van der Waals surface area contributed by atoms with Gasteiger partial charge in [-0.25, -0.2) is 0 Å². The van der Waals surface area contributed by atoms with Crippen LogP contribution in [0.4, 0.5) is 0 Å². The monoisotopic (exact) mass is 870 g/mol. The van der Waals surface area contributed by atoms with Gasteiger partial charge in [0.25, 0.3) is 0 Å². The Balaban J connectivity index is 0.000000299. The zero-order valence-corrected chi connectivity index (χ0v) is 34.8. The molecule has 1 N–H and O–H groups in total. The van der Waals surface area contributed by atoms with Gasteiger partial charge in [-0.3, -0.25) is 9.78 Å². The molecule has 0 fully saturated rings. The van der Waals surface area contributed by atoms with Gasteiger partial charge in [0.15, 0.2) is 5.78 Å². The molecular formula is C45H56IrNO2S-. The van der Waals surface area contributed by atoms with Crippen LogP contribution in [-0.4, -0.2) is 15.9 Å². The van der Waals surface area contributed by atoms with Gasteiger partial charge < -0.3 is 5.11 Å². The Morgan fingerprint density at radius 2 is 1.50 bits per heavy atom. The first-order valence-corrected chi connectivity index (χ1v) is 18.8. The van der Waals surface area contributed by atoms with Gasteiger partial charge in [0.2, 0.25) is 0 Å². The van der Waals surface area contributed by atoms with Crippen LogP contribution in [0.3, 0.4) is 0 Å². The van der Waals surface area contributed by atoms with Gasteiger partial charge in [-0.15, -0.1) is 40.5 Å². The smallest absolute Gasteiger partial charge is 0.164 e. The first kappa shape index (κ1) is 35.5. The second-order valence-corrected chi connectivity index (χ2v) is 16.9. The predicted molar refractivity (Wildman–Crippen MR) is 212 cm³/mol. The van der Waals surface area contributed by atoms with Crippen molar-refractivity contribution >= 4 is 48.1 Å². The molecule has 50 heavy (non-hydrogen) atoms. The normalized spacial score (nSPS) is 16.8. The van der Waals surface area contributed by atoms with Crippen LogP contribution < -0.4 is 0 Å². The van der Waals surface area contributed by atoms with Crippen LogP contribution in [0.1, 0.15) is 129 Å². The molecule has 0 bridgehead atoms. The minimum absolute atomic E-state index is 0. The number of allylic oxidation sites excluding steroid dienone is 2. The number of aliphatic hydroxyl groups excluding tert-OH is 1. The van der Waals surface area contributed by atoms with Crippen LogP contribution in [0.25, 0.3) is 42.2 Å². The molecule has 0 amide bonds. The fourth-order valence-corrected chi connectivity index (χ4v) is 8.22. The minimum Gasteiger partial charge on any atom is -0.512 e. The molecule has 1 radical (unpaired) electrons. The van der Waals surface area contributed by atoms with E-state index in [1.54, 1.807) is 17.4 Å². The number of ketones is 1. The van der Waals surface area contributed by atoms with E-state index in [9.17, 15) is 9.90 Å². The third-order valence-corrected chi connectivity index (χ3v) is 13.2. The number of thiophene rings is 1. The Kier molecular flexibility index (Phi) is 10.7. The third kappa shape index (κ3) is 7.39. The average molecular weight is 870 g/mol. The molecule has 1 aliphatic carbocycles. The van der Waals surface area contributed by atoms with Crippen LogP contribution >= 0.6 is 11.3 Å². The summed E-state index contributed by atoms with van der Waals surface area (Å²) in [6, 6.07) is 19.7. The molecule has 3 nitrogen and oxygen atoms in total. The summed E-state index contributed by atoms with van der Waals surface area (Å²) in [7, 11) is 0. The SMILES string of the molecule is CCC(C)(CC)C(=O)/C=C(\O)C(C)(CC)CC.[2H]C([2H])([2H])c1cc(-c2nccc3c2sc2cc4c(cc23)C(C)(C)CCC4(C)C)[c-]c2ccccc12.[Ir]. The van der Waals surface area contributed by atoms with Gasteiger partial charge >= 0.3 is 0 Å². The van der Waals surface area contributed by atoms with Gasteiger partial charge in [0.05, 0.1) is 0 Å². The number of rotatable bonds is 8. The van der Waals surface area contributed by atoms with E-state index in [0.717, 1.165) is 52.4 Å². The van der Waals surface area contributed by atoms with Gasteiger partial charge in [-0.05, 0) is 84.1 Å². The number of aryl methyl sites for hydroxylation is 1. The van der Waals surface area contributed by atoms with Crippen molar-refractivity contribution in [3.05, 3.63) is 89.3 Å². The summed E-state index contributed by atoms with van der Waals surface area (Å²) in [5.41, 5.74) is 4.47. The van der Waals surface area contributed by atoms with E-state index in [4.69, 9.17) is 9.10 Å². The number of benzene rings is 3. The van der Waals surface area contributed by atoms with E-state index < -0.39 is 6.85 Å². The number of aromatic nitrogens is 1. The maximum atomic E-state index is 12.2. The van der Waals surface area contributed by atoms with E-state index >= 15 is 0 Å². The van der Waals surface area contributed by atoms with Crippen LogP contribution in [0.5, 0.6) is 0 Å². The van der Waals surface area contributed by atoms with Crippen LogP contribution in [0.2, 0.25) is 0 Å². The quantitative estimate of drug-likeness (QED) is 0.0960. The van der Waals surface area contributed by atoms with Crippen molar-refractivity contribution in [2.75, 3.05) is 0 Å². The topological polar surface area (TPSA) is 50.2 Å². The molecule has 269 valence electrons. The Labute approximate surface area is 322 Å². The molecule has 0 saturated carbocycles. The molecule has 5 aromatic rings. The molecule has 0 atom stereocenters. The molecule has 0 aliphatic heterocycles. The Hall–Kier alpha value is -2.85. The fourth-order valence-electron chi connectivity index (χ4n) is 7.00. The summed E-state index contributed by atoms with van der Waals surface area (Å²) in [6.07, 6.45) is 8.96. The Morgan fingerprint density at radius 3 is 2.10 bits per heavy atom. The van der Waals surface area contributed by atoms with Crippen molar-refractivity contribution in [3.63, 3.8) is 0 Å². The second-order valence-electron chi connectivity index (χ2n) is 15.9. The number of nitrogens with zero attached hydrogens (tertiary/aromatic N) is 1. The number of fused-ring (bicyclic) bond motifs is 5. The van der Waals surface area contributed by atoms with E-state index in [-0.39, 0.29) is 53.3 Å². The summed E-state index contributed by atoms with van der Waals surface area (Å²) in [6.45, 7) is 19.3. The van der Waals surface area contributed by atoms with Crippen LogP contribution in [-0.2, 0) is 35.7 Å². The van der Waals surface area contributed by atoms with E-state index in [0.29, 0.717) is 5.56 Å². The number of carbonyl (C=O) groups excluding carboxylic acids is 1. The largest absolute Gasteiger partial charge is 0.512 e. The Morgan fingerprint density at radius 1 is 0.900 bits per heavy atom. The number of hydrogen-bond acceptors (Lipinski definition) is 4. The maximum absolute atomic E-state index is 12.2. The number of pyridine rings is 1. The number of aliphatic hydroxyl groups is 1. The van der Waals surface area contributed by atoms with Gasteiger partial charge in [0, 0.05) is 67.8 Å². The summed E-state index contributed by atoms with van der Waals surface area (Å²) >= 11 is 1.75. The molecular weight excluding hydrogens is 811 g/mol. The van der Waals surface area contributed by atoms with E-state index in [1.165, 1.54) is 45.5 Å². The molecule has 0 unspecified atom stereocenters. The van der Waals surface area contributed by atoms with Crippen molar-refractivity contribution in [2.45, 2.75) is 125 Å². The zero-order valence-electron chi connectivity index (χ0n) is 34.6. The van der Waals surface area contributed by atoms with Crippen molar-refractivity contribution < 1.29 is 34.1 Å². The second kappa shape index (κ2) is 15.0. The van der Waals surface area contributed by atoms with Crippen LogP contribution in [0.15, 0.2) is 66.6 Å². The number of carbonyl (C=O) groups is 1. The van der Waals surface area contributed by atoms with Crippen molar-refractivity contribution in [1.29, 1.82) is 0 Å². The summed E-state index contributed by atoms with van der Waals surface area (Å²) in [4.78, 5) is 16.9. The van der Waals surface area contributed by atoms with Gasteiger partial charge in [-0.2, -0.15) is 0 Å². The zero-order chi connectivity index (χ0) is 38.4. The first-order chi connectivity index (χ1) is 24.2. The van der Waals surface area contributed by atoms with E-state index in [2.05, 4.69) is 52.0 Å². The summed E-state index contributed by atoms with van der Waals surface area (Å²) in [5, 5.41) is 14.1. The Bertz CT molecular complexity index is 2150. The van der Waals surface area contributed by atoms with Crippen molar-refractivity contribution in [2.24, 2.45) is 10.8 Å². The molecule has 2 heterocycles. The number of hydrogen-bond donors (Lipinski definition) is 1. The average Bonchev–Trinajstić information content (AvgIpc) is 3.49. The van der Waals surface area contributed by atoms with Crippen molar-refractivity contribution in [3.8, 4) is 11.3 Å². The minimum atomic E-state index is -2.21. The van der Waals surface area contributed by atoms with Crippen molar-refractivity contribution in [1.82, 2.24) is 4.98 Å². The first-order valence-electron chi connectivity index (χ1n) is 19.5. The molecule has 6 rings (SSSR count). The standard InChI is InChI=1S/C30H28NS.C15H28O2.Ir/c1-18-14-20(15-19-8-6-7-9-21(18)19)27-28-22(10-13-31-27)23-16-24-25(17-26(23)32-28)30(4,5)12-11-29(24,2)3;1-7-14(5,8-2)12(16)11-13(17)15(6,9-3)10-4;/h6-10,13-14,16-17H,11-12H2,1-5H3;11,16H,7-10H2,1-6H3;/q-1;;/b;12-11-;/i1D3;;. The third-order valence-electron chi connectivity index (χ3n) is 12.0. The molecule has 2 aromatic heterocycles. The van der Waals surface area contributed by atoms with Gasteiger partial charge in [-0.1, -0.05) is 105 Å². The molecule has 0 saturated heterocycles. The van der Waals surface area contributed by atoms with Gasteiger partial charge in [0.1, 0.15) is 5.76 Å². The summed E-state index contributed by atoms with van der Waals surface area (Å²) < 4.78 is 26.8. The molecule has 3 aromatic carbocycles. The maximum Gasteiger partial charge on any atom is 0.164 e. The molecule has 0 spiro atoms. The summed E-state index contributed by atoms with van der Waals surface area (Å²) in [5.74, 6) is 0.286. The predicted octanol–water partition coefficient (Wildman–Crippen LogP) is 13.4. The van der Waals surface area contributed by atoms with E-state index in [1.807, 2.05) is 72.0 Å². The van der Waals surface area contributed by atoms with Crippen LogP contribution in [0, 0.1) is 23.7 Å². The fraction of sp³-hybridized carbons (Fsp3) is 0.467.